The van der Waals surface area contributed by atoms with Gasteiger partial charge in [-0.05, 0) is 12.8 Å². The van der Waals surface area contributed by atoms with Crippen molar-refractivity contribution < 1.29 is 4.79 Å². The Morgan fingerprint density at radius 3 is 1.09 bits per heavy atom. The fourth-order valence-electron chi connectivity index (χ4n) is 6.41. The number of nitrogens with zero attached hydrogens (tertiary/aromatic N) is 1. The zero-order valence-electron chi connectivity index (χ0n) is 29.6. The summed E-state index contributed by atoms with van der Waals surface area (Å²) in [6.07, 6.45) is 37.8. The Hall–Kier alpha value is -0.650. The van der Waals surface area contributed by atoms with Crippen LogP contribution in [0.15, 0.2) is 0 Å². The van der Waals surface area contributed by atoms with Gasteiger partial charge in [-0.25, -0.2) is 0 Å². The fourth-order valence-corrected chi connectivity index (χ4v) is 6.41. The predicted octanol–water partition coefficient (Wildman–Crippen LogP) is 9.90. The van der Waals surface area contributed by atoms with Crippen LogP contribution in [0.25, 0.3) is 0 Å². The molecule has 5 N–H and O–H groups in total. The van der Waals surface area contributed by atoms with E-state index in [-0.39, 0.29) is 11.8 Å². The van der Waals surface area contributed by atoms with E-state index in [1.807, 2.05) is 0 Å². The highest BCUT2D eigenvalue weighted by Crippen LogP contribution is 2.20. The highest BCUT2D eigenvalue weighted by atomic mass is 16.1. The number of hydrogen-bond donors (Lipinski definition) is 3. The summed E-state index contributed by atoms with van der Waals surface area (Å²) < 4.78 is 0. The molecule has 0 aliphatic carbocycles. The van der Waals surface area contributed by atoms with E-state index in [1.165, 1.54) is 167 Å². The molecule has 0 rings (SSSR count). The summed E-state index contributed by atoms with van der Waals surface area (Å²) in [6, 6.07) is 0. The Labute approximate surface area is 270 Å². The fraction of sp³-hybridized carbons (Fsp3) is 0.974. The first-order valence-electron chi connectivity index (χ1n) is 19.6. The topological polar surface area (TPSA) is 84.4 Å². The molecule has 5 nitrogen and oxygen atoms in total. The molecule has 258 valence electrons. The van der Waals surface area contributed by atoms with Gasteiger partial charge in [-0.2, -0.15) is 0 Å². The number of unbranched alkanes of at least 4 members (excludes halogenated alkanes) is 24. The van der Waals surface area contributed by atoms with Crippen LogP contribution in [0.5, 0.6) is 0 Å². The lowest BCUT2D eigenvalue weighted by Gasteiger charge is -2.22. The summed E-state index contributed by atoms with van der Waals surface area (Å²) in [5.74, 6) is 0.455. The zero-order valence-corrected chi connectivity index (χ0v) is 29.6. The van der Waals surface area contributed by atoms with Crippen LogP contribution in [0.3, 0.4) is 0 Å². The minimum Gasteiger partial charge on any atom is -0.355 e. The molecule has 0 radical (unpaired) electrons. The Kier molecular flexibility index (Phi) is 35.3. The van der Waals surface area contributed by atoms with E-state index in [0.717, 1.165) is 32.5 Å². The molecule has 5 heteroatoms. The Morgan fingerprint density at radius 2 is 0.791 bits per heavy atom. The monoisotopic (exact) mass is 609 g/mol. The average Bonchev–Trinajstić information content (AvgIpc) is 3.00. The molecule has 0 saturated carbocycles. The van der Waals surface area contributed by atoms with Gasteiger partial charge < -0.3 is 16.8 Å². The highest BCUT2D eigenvalue weighted by Gasteiger charge is 2.18. The van der Waals surface area contributed by atoms with Crippen LogP contribution < -0.4 is 16.8 Å². The number of rotatable bonds is 36. The van der Waals surface area contributed by atoms with Crippen LogP contribution in [0.1, 0.15) is 194 Å². The van der Waals surface area contributed by atoms with Crippen molar-refractivity contribution in [3.8, 4) is 0 Å². The minimum atomic E-state index is 0.179. The van der Waals surface area contributed by atoms with Gasteiger partial charge in [-0.15, -0.1) is 0 Å². The summed E-state index contributed by atoms with van der Waals surface area (Å²) in [5.41, 5.74) is 11.5. The van der Waals surface area contributed by atoms with E-state index in [4.69, 9.17) is 11.5 Å². The van der Waals surface area contributed by atoms with Gasteiger partial charge in [-0.3, -0.25) is 9.69 Å². The van der Waals surface area contributed by atoms with Crippen LogP contribution in [-0.4, -0.2) is 50.1 Å². The maximum Gasteiger partial charge on any atom is 0.223 e. The van der Waals surface area contributed by atoms with Crippen molar-refractivity contribution in [1.82, 2.24) is 10.2 Å². The molecule has 0 aliphatic rings. The van der Waals surface area contributed by atoms with Crippen LogP contribution in [0.4, 0.5) is 0 Å². The Bertz CT molecular complexity index is 538. The van der Waals surface area contributed by atoms with E-state index < -0.39 is 0 Å². The van der Waals surface area contributed by atoms with E-state index in [2.05, 4.69) is 24.1 Å². The molecule has 1 unspecified atom stereocenters. The molecule has 43 heavy (non-hydrogen) atoms. The summed E-state index contributed by atoms with van der Waals surface area (Å²) in [5, 5.41) is 3.26. The third-order valence-electron chi connectivity index (χ3n) is 9.30. The van der Waals surface area contributed by atoms with Crippen molar-refractivity contribution in [3.63, 3.8) is 0 Å². The molecule has 0 aromatic carbocycles. The number of carbonyl (C=O) groups excluding carboxylic acids is 1. The molecule has 0 heterocycles. The predicted molar refractivity (Wildman–Crippen MR) is 192 cm³/mol. The Morgan fingerprint density at radius 1 is 0.488 bits per heavy atom. The molecular formula is C38H80N4O. The van der Waals surface area contributed by atoms with E-state index in [9.17, 15) is 4.79 Å². The van der Waals surface area contributed by atoms with Crippen molar-refractivity contribution in [1.29, 1.82) is 0 Å². The SMILES string of the molecule is CCCCCCCCCCCCCCCCC(CCCCCCCCCCCCCC)C(=O)NCCN(CCN)CCN. The quantitative estimate of drug-likeness (QED) is 0.0618. The summed E-state index contributed by atoms with van der Waals surface area (Å²) in [7, 11) is 0. The molecule has 0 aliphatic heterocycles. The lowest BCUT2D eigenvalue weighted by molar-refractivity contribution is -0.125. The van der Waals surface area contributed by atoms with Gasteiger partial charge in [0.1, 0.15) is 0 Å². The average molecular weight is 609 g/mol. The second-order valence-electron chi connectivity index (χ2n) is 13.5. The molecule has 0 spiro atoms. The number of carbonyl (C=O) groups is 1. The minimum absolute atomic E-state index is 0.179. The van der Waals surface area contributed by atoms with Gasteiger partial charge in [0.25, 0.3) is 0 Å². The van der Waals surface area contributed by atoms with Crippen LogP contribution in [0, 0.1) is 5.92 Å². The molecule has 0 fully saturated rings. The standard InChI is InChI=1S/C38H80N4O/c1-3-5-7-9-11-13-15-17-18-20-22-24-26-28-30-37(38(43)41-33-36-42(34-31-39)35-32-40)29-27-25-23-21-19-16-14-12-10-8-6-4-2/h37H,3-36,39-40H2,1-2H3,(H,41,43). The number of amides is 1. The van der Waals surface area contributed by atoms with E-state index in [0.29, 0.717) is 19.6 Å². The normalized spacial score (nSPS) is 12.3. The van der Waals surface area contributed by atoms with Crippen LogP contribution in [-0.2, 0) is 4.79 Å². The molecule has 0 bridgehead atoms. The van der Waals surface area contributed by atoms with E-state index >= 15 is 0 Å². The van der Waals surface area contributed by atoms with Gasteiger partial charge in [-0.1, -0.05) is 181 Å². The molecule has 0 aromatic rings. The third-order valence-corrected chi connectivity index (χ3v) is 9.30. The van der Waals surface area contributed by atoms with Crippen molar-refractivity contribution in [2.75, 3.05) is 39.3 Å². The third kappa shape index (κ3) is 31.1. The first kappa shape index (κ1) is 42.3. The molecule has 0 saturated heterocycles. The van der Waals surface area contributed by atoms with Crippen molar-refractivity contribution in [2.24, 2.45) is 17.4 Å². The number of nitrogens with one attached hydrogen (secondary N) is 1. The van der Waals surface area contributed by atoms with Gasteiger partial charge in [0.15, 0.2) is 0 Å². The first-order valence-corrected chi connectivity index (χ1v) is 19.6. The van der Waals surface area contributed by atoms with Crippen LogP contribution in [0.2, 0.25) is 0 Å². The van der Waals surface area contributed by atoms with Crippen molar-refractivity contribution in [3.05, 3.63) is 0 Å². The lowest BCUT2D eigenvalue weighted by atomic mass is 9.93. The van der Waals surface area contributed by atoms with Gasteiger partial charge in [0.05, 0.1) is 0 Å². The van der Waals surface area contributed by atoms with E-state index in [1.54, 1.807) is 0 Å². The molecule has 1 amide bonds. The van der Waals surface area contributed by atoms with Gasteiger partial charge in [0.2, 0.25) is 5.91 Å². The molecular weight excluding hydrogens is 528 g/mol. The number of hydrogen-bond acceptors (Lipinski definition) is 4. The number of nitrogens with two attached hydrogens (primary N) is 2. The zero-order chi connectivity index (χ0) is 31.5. The Balaban J connectivity index is 4.15. The van der Waals surface area contributed by atoms with Crippen molar-refractivity contribution in [2.45, 2.75) is 194 Å². The maximum absolute atomic E-state index is 13.2. The largest absolute Gasteiger partial charge is 0.355 e. The van der Waals surface area contributed by atoms with Crippen LogP contribution >= 0.6 is 0 Å². The van der Waals surface area contributed by atoms with Crippen molar-refractivity contribution >= 4 is 5.91 Å². The lowest BCUT2D eigenvalue weighted by Crippen LogP contribution is -2.41. The smallest absolute Gasteiger partial charge is 0.223 e. The highest BCUT2D eigenvalue weighted by molar-refractivity contribution is 5.78. The second-order valence-corrected chi connectivity index (χ2v) is 13.5. The summed E-state index contributed by atoms with van der Waals surface area (Å²) in [4.78, 5) is 15.4. The second kappa shape index (κ2) is 35.8. The summed E-state index contributed by atoms with van der Waals surface area (Å²) >= 11 is 0. The van der Waals surface area contributed by atoms with Gasteiger partial charge >= 0.3 is 0 Å². The maximum atomic E-state index is 13.2. The summed E-state index contributed by atoms with van der Waals surface area (Å²) in [6.45, 7) is 9.07. The molecule has 1 atom stereocenters. The van der Waals surface area contributed by atoms with Gasteiger partial charge in [0, 0.05) is 45.2 Å². The first-order chi connectivity index (χ1) is 21.2. The molecule has 0 aromatic heterocycles.